The third kappa shape index (κ3) is 1.30. The van der Waals surface area contributed by atoms with E-state index in [0.717, 1.165) is 16.9 Å². The molecule has 0 fully saturated rings. The molecule has 3 nitrogen and oxygen atoms in total. The number of hydrogen-bond acceptors (Lipinski definition) is 2. The summed E-state index contributed by atoms with van der Waals surface area (Å²) >= 11 is 6.03. The first-order valence-corrected chi connectivity index (χ1v) is 4.43. The molecule has 0 bridgehead atoms. The molecule has 2 heterocycles. The molecule has 2 aromatic heterocycles. The molecule has 0 unspecified atom stereocenters. The van der Waals surface area contributed by atoms with Crippen LogP contribution >= 0.6 is 11.6 Å². The lowest BCUT2D eigenvalue weighted by Crippen LogP contribution is -1.98. The predicted octanol–water partition coefficient (Wildman–Crippen LogP) is 1.75. The van der Waals surface area contributed by atoms with E-state index in [4.69, 9.17) is 17.3 Å². The van der Waals surface area contributed by atoms with Gasteiger partial charge in [0.25, 0.3) is 0 Å². The van der Waals surface area contributed by atoms with Gasteiger partial charge < -0.3 is 5.73 Å². The van der Waals surface area contributed by atoms with E-state index in [-0.39, 0.29) is 0 Å². The number of aryl methyl sites for hydroxylation is 1. The number of aromatic nitrogens is 2. The van der Waals surface area contributed by atoms with E-state index in [1.807, 2.05) is 29.7 Å². The maximum Gasteiger partial charge on any atom is 0.138 e. The number of rotatable bonds is 1. The highest BCUT2D eigenvalue weighted by atomic mass is 35.5. The molecule has 68 valence electrons. The summed E-state index contributed by atoms with van der Waals surface area (Å²) in [4.78, 5) is 4.28. The Morgan fingerprint density at radius 1 is 1.54 bits per heavy atom. The van der Waals surface area contributed by atoms with Crippen LogP contribution in [0.25, 0.3) is 5.65 Å². The second-order valence-electron chi connectivity index (χ2n) is 2.96. The molecule has 0 aliphatic heterocycles. The van der Waals surface area contributed by atoms with Crippen LogP contribution in [0.15, 0.2) is 18.3 Å². The van der Waals surface area contributed by atoms with Crippen molar-refractivity contribution in [2.45, 2.75) is 13.5 Å². The van der Waals surface area contributed by atoms with Crippen LogP contribution in [-0.4, -0.2) is 9.38 Å². The second-order valence-corrected chi connectivity index (χ2v) is 3.32. The summed E-state index contributed by atoms with van der Waals surface area (Å²) in [7, 11) is 0. The average Bonchev–Trinajstić information content (AvgIpc) is 2.43. The van der Waals surface area contributed by atoms with Crippen LogP contribution in [0.5, 0.6) is 0 Å². The topological polar surface area (TPSA) is 43.3 Å². The second kappa shape index (κ2) is 3.01. The Morgan fingerprint density at radius 3 is 3.00 bits per heavy atom. The molecular formula is C9H10ClN3. The van der Waals surface area contributed by atoms with Crippen LogP contribution in [-0.2, 0) is 6.54 Å². The van der Waals surface area contributed by atoms with Crippen molar-refractivity contribution < 1.29 is 0 Å². The largest absolute Gasteiger partial charge is 0.326 e. The smallest absolute Gasteiger partial charge is 0.138 e. The Hall–Kier alpha value is -1.06. The van der Waals surface area contributed by atoms with Crippen molar-refractivity contribution in [1.29, 1.82) is 0 Å². The minimum absolute atomic E-state index is 0.517. The predicted molar refractivity (Wildman–Crippen MR) is 52.8 cm³/mol. The van der Waals surface area contributed by atoms with E-state index in [9.17, 15) is 0 Å². The Morgan fingerprint density at radius 2 is 2.31 bits per heavy atom. The van der Waals surface area contributed by atoms with Gasteiger partial charge in [-0.05, 0) is 18.6 Å². The maximum absolute atomic E-state index is 6.03. The van der Waals surface area contributed by atoms with Gasteiger partial charge >= 0.3 is 0 Å². The van der Waals surface area contributed by atoms with Gasteiger partial charge in [0.1, 0.15) is 10.8 Å². The van der Waals surface area contributed by atoms with E-state index in [1.54, 1.807) is 0 Å². The van der Waals surface area contributed by atoms with Crippen LogP contribution in [0.2, 0.25) is 5.15 Å². The molecule has 0 radical (unpaired) electrons. The maximum atomic E-state index is 6.03. The Labute approximate surface area is 81.1 Å². The number of nitrogens with zero attached hydrogens (tertiary/aromatic N) is 2. The average molecular weight is 196 g/mol. The Kier molecular flexibility index (Phi) is 1.98. The molecule has 4 heteroatoms. The van der Waals surface area contributed by atoms with Crippen LogP contribution in [0.1, 0.15) is 11.3 Å². The van der Waals surface area contributed by atoms with Crippen LogP contribution in [0.4, 0.5) is 0 Å². The van der Waals surface area contributed by atoms with Gasteiger partial charge in [0.05, 0.1) is 5.69 Å². The number of imidazole rings is 1. The van der Waals surface area contributed by atoms with Gasteiger partial charge in [-0.25, -0.2) is 4.98 Å². The van der Waals surface area contributed by atoms with Gasteiger partial charge in [-0.3, -0.25) is 4.40 Å². The zero-order valence-electron chi connectivity index (χ0n) is 7.29. The van der Waals surface area contributed by atoms with Gasteiger partial charge in [0.2, 0.25) is 0 Å². The summed E-state index contributed by atoms with van der Waals surface area (Å²) in [5, 5.41) is 0.658. The van der Waals surface area contributed by atoms with Crippen molar-refractivity contribution in [3.8, 4) is 0 Å². The molecule has 0 saturated carbocycles. The molecule has 2 rings (SSSR count). The SMILES string of the molecule is Cc1nc2ccc(CN)cn2c1Cl. The van der Waals surface area contributed by atoms with Crippen molar-refractivity contribution in [2.75, 3.05) is 0 Å². The fourth-order valence-corrected chi connectivity index (χ4v) is 1.48. The van der Waals surface area contributed by atoms with Gasteiger partial charge in [0.15, 0.2) is 0 Å². The lowest BCUT2D eigenvalue weighted by atomic mass is 10.3. The van der Waals surface area contributed by atoms with Crippen molar-refractivity contribution in [3.63, 3.8) is 0 Å². The Bertz CT molecular complexity index is 447. The van der Waals surface area contributed by atoms with Crippen molar-refractivity contribution in [3.05, 3.63) is 34.7 Å². The molecule has 13 heavy (non-hydrogen) atoms. The number of pyridine rings is 1. The highest BCUT2D eigenvalue weighted by molar-refractivity contribution is 6.30. The van der Waals surface area contributed by atoms with E-state index >= 15 is 0 Å². The monoisotopic (exact) mass is 195 g/mol. The first-order valence-electron chi connectivity index (χ1n) is 4.05. The third-order valence-electron chi connectivity index (χ3n) is 2.02. The summed E-state index contributed by atoms with van der Waals surface area (Å²) in [5.74, 6) is 0. The molecule has 0 amide bonds. The van der Waals surface area contributed by atoms with Crippen LogP contribution < -0.4 is 5.73 Å². The van der Waals surface area contributed by atoms with Crippen LogP contribution in [0, 0.1) is 6.92 Å². The number of halogens is 1. The summed E-state index contributed by atoms with van der Waals surface area (Å²) in [5.41, 5.74) is 8.27. The first kappa shape index (κ1) is 8.53. The molecule has 2 aromatic rings. The summed E-state index contributed by atoms with van der Waals surface area (Å²) in [6, 6.07) is 3.87. The molecule has 2 N–H and O–H groups in total. The lowest BCUT2D eigenvalue weighted by molar-refractivity contribution is 1.03. The summed E-state index contributed by atoms with van der Waals surface area (Å²) in [6.45, 7) is 2.40. The van der Waals surface area contributed by atoms with E-state index in [2.05, 4.69) is 4.98 Å². The zero-order valence-corrected chi connectivity index (χ0v) is 8.04. The number of nitrogens with two attached hydrogens (primary N) is 1. The van der Waals surface area contributed by atoms with Gasteiger partial charge in [0, 0.05) is 12.7 Å². The van der Waals surface area contributed by atoms with E-state index in [0.29, 0.717) is 11.7 Å². The Balaban J connectivity index is 2.75. The molecule has 0 spiro atoms. The van der Waals surface area contributed by atoms with Crippen LogP contribution in [0.3, 0.4) is 0 Å². The molecule has 0 aliphatic carbocycles. The van der Waals surface area contributed by atoms with Crippen molar-refractivity contribution in [1.82, 2.24) is 9.38 Å². The van der Waals surface area contributed by atoms with E-state index in [1.165, 1.54) is 0 Å². The molecule has 0 aromatic carbocycles. The minimum Gasteiger partial charge on any atom is -0.326 e. The third-order valence-corrected chi connectivity index (χ3v) is 2.47. The molecule has 0 saturated heterocycles. The lowest BCUT2D eigenvalue weighted by Gasteiger charge is -1.98. The minimum atomic E-state index is 0.517. The zero-order chi connectivity index (χ0) is 9.42. The van der Waals surface area contributed by atoms with Gasteiger partial charge in [-0.1, -0.05) is 17.7 Å². The highest BCUT2D eigenvalue weighted by Crippen LogP contribution is 2.17. The molecular weight excluding hydrogens is 186 g/mol. The summed E-state index contributed by atoms with van der Waals surface area (Å²) in [6.07, 6.45) is 1.91. The van der Waals surface area contributed by atoms with Crippen molar-refractivity contribution in [2.24, 2.45) is 5.73 Å². The fraction of sp³-hybridized carbons (Fsp3) is 0.222. The normalized spacial score (nSPS) is 11.0. The molecule has 0 aliphatic rings. The quantitative estimate of drug-likeness (QED) is 0.754. The van der Waals surface area contributed by atoms with Crippen molar-refractivity contribution >= 4 is 17.2 Å². The standard InChI is InChI=1S/C9H10ClN3/c1-6-9(10)13-5-7(4-11)2-3-8(13)12-6/h2-3,5H,4,11H2,1H3. The number of hydrogen-bond donors (Lipinski definition) is 1. The molecule has 0 atom stereocenters. The first-order chi connectivity index (χ1) is 6.22. The summed E-state index contributed by atoms with van der Waals surface area (Å²) < 4.78 is 1.85. The van der Waals surface area contributed by atoms with Gasteiger partial charge in [-0.2, -0.15) is 0 Å². The number of fused-ring (bicyclic) bond motifs is 1. The van der Waals surface area contributed by atoms with Gasteiger partial charge in [-0.15, -0.1) is 0 Å². The highest BCUT2D eigenvalue weighted by Gasteiger charge is 2.05. The fourth-order valence-electron chi connectivity index (χ4n) is 1.30. The van der Waals surface area contributed by atoms with E-state index < -0.39 is 0 Å².